The van der Waals surface area contributed by atoms with Gasteiger partial charge in [-0.15, -0.1) is 0 Å². The van der Waals surface area contributed by atoms with Crippen molar-refractivity contribution in [1.29, 1.82) is 0 Å². The first kappa shape index (κ1) is 21.3. The van der Waals surface area contributed by atoms with Crippen molar-refractivity contribution < 1.29 is 29.3 Å². The third-order valence-corrected chi connectivity index (χ3v) is 5.02. The van der Waals surface area contributed by atoms with E-state index in [0.717, 1.165) is 0 Å². The van der Waals surface area contributed by atoms with E-state index in [4.69, 9.17) is 14.6 Å². The first-order valence-corrected chi connectivity index (χ1v) is 9.87. The largest absolute Gasteiger partial charge is 0.508 e. The number of phenolic OH excluding ortho intramolecular Hbond substituents is 1. The highest BCUT2D eigenvalue weighted by Crippen LogP contribution is 2.33. The Morgan fingerprint density at radius 2 is 2.07 bits per heavy atom. The molecule has 0 aliphatic carbocycles. The molecule has 30 heavy (non-hydrogen) atoms. The smallest absolute Gasteiger partial charge is 0.344 e. The third-order valence-electron chi connectivity index (χ3n) is 4.11. The summed E-state index contributed by atoms with van der Waals surface area (Å²) in [6, 6.07) is 11.4. The Balaban J connectivity index is 1.80. The third kappa shape index (κ3) is 5.12. The predicted molar refractivity (Wildman–Crippen MR) is 114 cm³/mol. The van der Waals surface area contributed by atoms with Crippen LogP contribution in [-0.4, -0.2) is 40.5 Å². The SMILES string of the molecule is CCC(Oc1ccc(/C=C2/SC(=Nc3cccc(O)c3)NC2=O)cc1OC)C(=O)O. The van der Waals surface area contributed by atoms with E-state index in [1.54, 1.807) is 43.3 Å². The van der Waals surface area contributed by atoms with Crippen molar-refractivity contribution in [2.75, 3.05) is 7.11 Å². The zero-order valence-electron chi connectivity index (χ0n) is 16.3. The second kappa shape index (κ2) is 9.36. The molecule has 1 saturated heterocycles. The van der Waals surface area contributed by atoms with Gasteiger partial charge < -0.3 is 25.0 Å². The summed E-state index contributed by atoms with van der Waals surface area (Å²) in [6.45, 7) is 1.72. The van der Waals surface area contributed by atoms with Gasteiger partial charge in [-0.05, 0) is 54.1 Å². The molecular weight excluding hydrogens is 408 g/mol. The van der Waals surface area contributed by atoms with Crippen LogP contribution in [0.2, 0.25) is 0 Å². The van der Waals surface area contributed by atoms with Crippen LogP contribution in [0.3, 0.4) is 0 Å². The Morgan fingerprint density at radius 3 is 2.73 bits per heavy atom. The fourth-order valence-electron chi connectivity index (χ4n) is 2.64. The van der Waals surface area contributed by atoms with E-state index in [2.05, 4.69) is 10.3 Å². The maximum absolute atomic E-state index is 12.3. The lowest BCUT2D eigenvalue weighted by Crippen LogP contribution is -2.26. The van der Waals surface area contributed by atoms with Crippen molar-refractivity contribution in [3.8, 4) is 17.2 Å². The maximum Gasteiger partial charge on any atom is 0.344 e. The number of methoxy groups -OCH3 is 1. The molecule has 3 rings (SSSR count). The number of carboxylic acid groups (broad SMARTS) is 1. The van der Waals surface area contributed by atoms with Gasteiger partial charge in [-0.2, -0.15) is 0 Å². The molecule has 1 aliphatic heterocycles. The zero-order valence-corrected chi connectivity index (χ0v) is 17.1. The standard InChI is InChI=1S/C21H20N2O6S/c1-3-15(20(26)27)29-16-8-7-12(9-17(16)28-2)10-18-19(25)23-21(30-18)22-13-5-4-6-14(24)11-13/h4-11,15,24H,3H2,1-2H3,(H,26,27)(H,22,23,25)/b18-10+. The minimum Gasteiger partial charge on any atom is -0.508 e. The molecule has 1 amide bonds. The van der Waals surface area contributed by atoms with Gasteiger partial charge in [-0.25, -0.2) is 9.79 Å². The highest BCUT2D eigenvalue weighted by atomic mass is 32.2. The zero-order chi connectivity index (χ0) is 21.7. The van der Waals surface area contributed by atoms with E-state index in [0.29, 0.717) is 39.2 Å². The van der Waals surface area contributed by atoms with Crippen LogP contribution in [0, 0.1) is 0 Å². The number of phenols is 1. The van der Waals surface area contributed by atoms with Crippen LogP contribution < -0.4 is 14.8 Å². The Kier molecular flexibility index (Phi) is 6.63. The molecule has 0 bridgehead atoms. The van der Waals surface area contributed by atoms with E-state index in [1.807, 2.05) is 0 Å². The predicted octanol–water partition coefficient (Wildman–Crippen LogP) is 3.53. The van der Waals surface area contributed by atoms with E-state index < -0.39 is 12.1 Å². The summed E-state index contributed by atoms with van der Waals surface area (Å²) in [7, 11) is 1.46. The second-order valence-corrected chi connectivity index (χ2v) is 7.30. The molecule has 1 unspecified atom stereocenters. The number of carbonyl (C=O) groups is 2. The number of nitrogens with one attached hydrogen (secondary N) is 1. The summed E-state index contributed by atoms with van der Waals surface area (Å²) in [6.07, 6.45) is 1.00. The number of ether oxygens (including phenoxy) is 2. The number of aliphatic carboxylic acids is 1. The summed E-state index contributed by atoms with van der Waals surface area (Å²) in [4.78, 5) is 28.2. The van der Waals surface area contributed by atoms with Gasteiger partial charge in [-0.3, -0.25) is 4.79 Å². The number of carboxylic acids is 1. The average Bonchev–Trinajstić information content (AvgIpc) is 3.05. The van der Waals surface area contributed by atoms with Gasteiger partial charge in [-0.1, -0.05) is 19.1 Å². The molecule has 1 fully saturated rings. The molecule has 3 N–H and O–H groups in total. The lowest BCUT2D eigenvalue weighted by Gasteiger charge is -2.16. The average molecular weight is 428 g/mol. The molecule has 9 heteroatoms. The van der Waals surface area contributed by atoms with Crippen molar-refractivity contribution in [2.45, 2.75) is 19.4 Å². The summed E-state index contributed by atoms with van der Waals surface area (Å²) in [5, 5.41) is 21.8. The molecule has 1 heterocycles. The quantitative estimate of drug-likeness (QED) is 0.578. The first-order valence-electron chi connectivity index (χ1n) is 9.05. The molecule has 2 aromatic carbocycles. The van der Waals surface area contributed by atoms with Crippen LogP contribution in [0.4, 0.5) is 5.69 Å². The molecule has 8 nitrogen and oxygen atoms in total. The number of amidine groups is 1. The van der Waals surface area contributed by atoms with Crippen molar-refractivity contribution in [1.82, 2.24) is 5.32 Å². The van der Waals surface area contributed by atoms with Gasteiger partial charge >= 0.3 is 5.97 Å². The van der Waals surface area contributed by atoms with E-state index >= 15 is 0 Å². The van der Waals surface area contributed by atoms with Gasteiger partial charge in [0.05, 0.1) is 17.7 Å². The monoisotopic (exact) mass is 428 g/mol. The van der Waals surface area contributed by atoms with Crippen LogP contribution in [-0.2, 0) is 9.59 Å². The molecule has 1 atom stereocenters. The Labute approximate surface area is 177 Å². The van der Waals surface area contributed by atoms with Gasteiger partial charge in [0.1, 0.15) is 5.75 Å². The van der Waals surface area contributed by atoms with Crippen LogP contribution >= 0.6 is 11.8 Å². The number of amides is 1. The van der Waals surface area contributed by atoms with Crippen molar-refractivity contribution >= 4 is 40.6 Å². The van der Waals surface area contributed by atoms with E-state index in [1.165, 1.54) is 31.0 Å². The Bertz CT molecular complexity index is 1030. The summed E-state index contributed by atoms with van der Waals surface area (Å²) in [5.74, 6) is -0.590. The van der Waals surface area contributed by atoms with Crippen LogP contribution in [0.15, 0.2) is 52.4 Å². The number of carbonyl (C=O) groups excluding carboxylic acids is 1. The molecule has 0 spiro atoms. The number of aliphatic imine (C=N–C) groups is 1. The lowest BCUT2D eigenvalue weighted by molar-refractivity contribution is -0.145. The van der Waals surface area contributed by atoms with Gasteiger partial charge in [0, 0.05) is 6.07 Å². The van der Waals surface area contributed by atoms with Crippen molar-refractivity contribution in [3.63, 3.8) is 0 Å². The number of nitrogens with zero attached hydrogens (tertiary/aromatic N) is 1. The topological polar surface area (TPSA) is 117 Å². The molecule has 1 aliphatic rings. The number of benzene rings is 2. The number of thioether (sulfide) groups is 1. The summed E-state index contributed by atoms with van der Waals surface area (Å²) < 4.78 is 10.8. The Hall–Kier alpha value is -3.46. The highest BCUT2D eigenvalue weighted by Gasteiger charge is 2.24. The molecule has 0 radical (unpaired) electrons. The highest BCUT2D eigenvalue weighted by molar-refractivity contribution is 8.18. The number of hydrogen-bond acceptors (Lipinski definition) is 7. The molecule has 2 aromatic rings. The molecule has 0 saturated carbocycles. The van der Waals surface area contributed by atoms with Crippen molar-refractivity contribution in [3.05, 3.63) is 52.9 Å². The van der Waals surface area contributed by atoms with Gasteiger partial charge in [0.15, 0.2) is 22.8 Å². The van der Waals surface area contributed by atoms with Crippen LogP contribution in [0.1, 0.15) is 18.9 Å². The summed E-state index contributed by atoms with van der Waals surface area (Å²) >= 11 is 1.17. The number of rotatable bonds is 7. The molecular formula is C21H20N2O6S. The normalized spacial score (nSPS) is 17.1. The van der Waals surface area contributed by atoms with Crippen LogP contribution in [0.5, 0.6) is 17.2 Å². The first-order chi connectivity index (χ1) is 14.4. The number of aromatic hydroxyl groups is 1. The lowest BCUT2D eigenvalue weighted by atomic mass is 10.1. The number of hydrogen-bond donors (Lipinski definition) is 3. The molecule has 156 valence electrons. The van der Waals surface area contributed by atoms with Gasteiger partial charge in [0.2, 0.25) is 0 Å². The van der Waals surface area contributed by atoms with Crippen LogP contribution in [0.25, 0.3) is 6.08 Å². The molecule has 0 aromatic heterocycles. The minimum atomic E-state index is -1.05. The van der Waals surface area contributed by atoms with E-state index in [-0.39, 0.29) is 11.7 Å². The van der Waals surface area contributed by atoms with Gasteiger partial charge in [0.25, 0.3) is 5.91 Å². The van der Waals surface area contributed by atoms with E-state index in [9.17, 15) is 14.7 Å². The summed E-state index contributed by atoms with van der Waals surface area (Å²) in [5.41, 5.74) is 1.20. The Morgan fingerprint density at radius 1 is 1.27 bits per heavy atom. The minimum absolute atomic E-state index is 0.0875. The fourth-order valence-corrected chi connectivity index (χ4v) is 3.49. The fraction of sp³-hybridized carbons (Fsp3) is 0.190. The second-order valence-electron chi connectivity index (χ2n) is 6.26. The van der Waals surface area contributed by atoms with Crippen molar-refractivity contribution in [2.24, 2.45) is 4.99 Å². The maximum atomic E-state index is 12.3.